The summed E-state index contributed by atoms with van der Waals surface area (Å²) in [5, 5.41) is 8.72. The van der Waals surface area contributed by atoms with Gasteiger partial charge < -0.3 is 10.1 Å². The number of H-pyrrole nitrogens is 1. The van der Waals surface area contributed by atoms with Crippen molar-refractivity contribution in [3.63, 3.8) is 0 Å². The second-order valence-corrected chi connectivity index (χ2v) is 6.12. The number of rotatable bonds is 4. The first-order valence-electron chi connectivity index (χ1n) is 4.94. The van der Waals surface area contributed by atoms with Crippen molar-refractivity contribution in [2.24, 2.45) is 0 Å². The van der Waals surface area contributed by atoms with E-state index in [2.05, 4.69) is 30.6 Å². The molecule has 0 aliphatic heterocycles. The molecule has 0 aromatic carbocycles. The summed E-state index contributed by atoms with van der Waals surface area (Å²) in [5.41, 5.74) is -0.204. The highest BCUT2D eigenvalue weighted by molar-refractivity contribution is 9.10. The Balaban J connectivity index is 2.26. The van der Waals surface area contributed by atoms with Crippen molar-refractivity contribution in [3.05, 3.63) is 40.8 Å². The number of hydrogen-bond donors (Lipinski definition) is 3. The average molecular weight is 346 g/mol. The van der Waals surface area contributed by atoms with Gasteiger partial charge in [0, 0.05) is 16.9 Å². The van der Waals surface area contributed by atoms with E-state index in [1.165, 1.54) is 12.3 Å². The van der Waals surface area contributed by atoms with Crippen molar-refractivity contribution < 1.29 is 18.3 Å². The maximum absolute atomic E-state index is 11.9. The summed E-state index contributed by atoms with van der Waals surface area (Å²) in [4.78, 5) is 16.7. The molecule has 0 saturated heterocycles. The lowest BCUT2D eigenvalue weighted by molar-refractivity contribution is 0.0691. The number of nitrogens with zero attached hydrogens (tertiary/aromatic N) is 1. The Labute approximate surface area is 116 Å². The van der Waals surface area contributed by atoms with Gasteiger partial charge >= 0.3 is 5.97 Å². The summed E-state index contributed by atoms with van der Waals surface area (Å²) < 4.78 is 26.8. The van der Waals surface area contributed by atoms with E-state index in [1.54, 1.807) is 6.07 Å². The molecule has 0 saturated carbocycles. The first-order valence-corrected chi connectivity index (χ1v) is 7.22. The van der Waals surface area contributed by atoms with Crippen LogP contribution in [-0.4, -0.2) is 29.5 Å². The minimum atomic E-state index is -3.86. The van der Waals surface area contributed by atoms with E-state index < -0.39 is 16.0 Å². The van der Waals surface area contributed by atoms with Gasteiger partial charge in [-0.2, -0.15) is 0 Å². The van der Waals surface area contributed by atoms with Crippen molar-refractivity contribution in [1.82, 2.24) is 9.97 Å². The van der Waals surface area contributed by atoms with Crippen LogP contribution in [0.5, 0.6) is 0 Å². The standard InChI is InChI=1S/C10H8BrN3O4S/c11-6-1-2-9(13-4-6)14-19(17,18)7-3-8(10(15)16)12-5-7/h1-5,12H,(H,13,14)(H,15,16). The summed E-state index contributed by atoms with van der Waals surface area (Å²) in [7, 11) is -3.86. The van der Waals surface area contributed by atoms with Crippen LogP contribution in [0.2, 0.25) is 0 Å². The van der Waals surface area contributed by atoms with Crippen LogP contribution in [0.4, 0.5) is 5.82 Å². The van der Waals surface area contributed by atoms with Gasteiger partial charge in [0.25, 0.3) is 10.0 Å². The number of halogens is 1. The normalized spacial score (nSPS) is 11.2. The van der Waals surface area contributed by atoms with Crippen molar-refractivity contribution >= 4 is 37.7 Å². The number of sulfonamides is 1. The van der Waals surface area contributed by atoms with Crippen LogP contribution in [0.25, 0.3) is 0 Å². The highest BCUT2D eigenvalue weighted by Crippen LogP contribution is 2.17. The molecule has 2 aromatic rings. The van der Waals surface area contributed by atoms with Crippen LogP contribution < -0.4 is 4.72 Å². The zero-order valence-electron chi connectivity index (χ0n) is 9.29. The molecule has 0 radical (unpaired) electrons. The zero-order valence-corrected chi connectivity index (χ0v) is 11.7. The number of carboxylic acid groups (broad SMARTS) is 1. The Kier molecular flexibility index (Phi) is 3.58. The van der Waals surface area contributed by atoms with Gasteiger partial charge in [-0.1, -0.05) is 0 Å². The smallest absolute Gasteiger partial charge is 0.352 e. The Bertz CT molecular complexity index is 709. The molecule has 7 nitrogen and oxygen atoms in total. The predicted molar refractivity (Wildman–Crippen MR) is 70.5 cm³/mol. The van der Waals surface area contributed by atoms with Gasteiger partial charge in [0.05, 0.1) is 0 Å². The van der Waals surface area contributed by atoms with Crippen LogP contribution in [0.15, 0.2) is 40.0 Å². The number of pyridine rings is 1. The van der Waals surface area contributed by atoms with Gasteiger partial charge in [0.2, 0.25) is 0 Å². The zero-order chi connectivity index (χ0) is 14.0. The van der Waals surface area contributed by atoms with E-state index in [4.69, 9.17) is 5.11 Å². The van der Waals surface area contributed by atoms with Crippen molar-refractivity contribution in [3.8, 4) is 0 Å². The van der Waals surface area contributed by atoms with Crippen molar-refractivity contribution in [2.45, 2.75) is 4.90 Å². The number of aromatic nitrogens is 2. The summed E-state index contributed by atoms with van der Waals surface area (Å²) in [6.07, 6.45) is 2.54. The van der Waals surface area contributed by atoms with Gasteiger partial charge in [0.1, 0.15) is 16.4 Å². The Morgan fingerprint density at radius 2 is 2.16 bits per heavy atom. The summed E-state index contributed by atoms with van der Waals surface area (Å²) in [5.74, 6) is -1.09. The van der Waals surface area contributed by atoms with E-state index in [9.17, 15) is 13.2 Å². The fourth-order valence-corrected chi connectivity index (χ4v) is 2.52. The lowest BCUT2D eigenvalue weighted by Gasteiger charge is -2.04. The van der Waals surface area contributed by atoms with Crippen LogP contribution in [0, 0.1) is 0 Å². The molecule has 0 spiro atoms. The minimum absolute atomic E-state index is 0.140. The lowest BCUT2D eigenvalue weighted by Crippen LogP contribution is -2.13. The SMILES string of the molecule is O=C(O)c1cc(S(=O)(=O)Nc2ccc(Br)cn2)c[nH]1. The summed E-state index contributed by atoms with van der Waals surface area (Å²) >= 11 is 3.18. The molecule has 0 unspecified atom stereocenters. The van der Waals surface area contributed by atoms with E-state index in [-0.39, 0.29) is 16.4 Å². The van der Waals surface area contributed by atoms with Gasteiger partial charge in [-0.15, -0.1) is 0 Å². The summed E-state index contributed by atoms with van der Waals surface area (Å²) in [6.45, 7) is 0. The highest BCUT2D eigenvalue weighted by Gasteiger charge is 2.18. The van der Waals surface area contributed by atoms with Gasteiger partial charge in [-0.05, 0) is 34.1 Å². The predicted octanol–water partition coefficient (Wildman–Crippen LogP) is 1.67. The fraction of sp³-hybridized carbons (Fsp3) is 0. The molecule has 19 heavy (non-hydrogen) atoms. The number of hydrogen-bond acceptors (Lipinski definition) is 4. The Morgan fingerprint density at radius 1 is 1.42 bits per heavy atom. The highest BCUT2D eigenvalue weighted by atomic mass is 79.9. The third-order valence-corrected chi connectivity index (χ3v) is 3.97. The molecule has 3 N–H and O–H groups in total. The van der Waals surface area contributed by atoms with Gasteiger partial charge in [-0.3, -0.25) is 4.72 Å². The van der Waals surface area contributed by atoms with E-state index in [0.717, 1.165) is 12.3 Å². The number of carboxylic acids is 1. The van der Waals surface area contributed by atoms with Crippen LogP contribution in [0.1, 0.15) is 10.5 Å². The molecular formula is C10H8BrN3O4S. The molecule has 0 fully saturated rings. The second kappa shape index (κ2) is 5.02. The average Bonchev–Trinajstić information content (AvgIpc) is 2.82. The molecule has 0 aliphatic rings. The number of anilines is 1. The maximum atomic E-state index is 11.9. The molecule has 9 heteroatoms. The quantitative estimate of drug-likeness (QED) is 0.780. The van der Waals surface area contributed by atoms with E-state index >= 15 is 0 Å². The Morgan fingerprint density at radius 3 is 2.68 bits per heavy atom. The molecule has 2 heterocycles. The fourth-order valence-electron chi connectivity index (χ4n) is 1.29. The number of aromatic amines is 1. The Hall–Kier alpha value is -1.87. The van der Waals surface area contributed by atoms with Gasteiger partial charge in [-0.25, -0.2) is 18.2 Å². The molecule has 0 amide bonds. The topological polar surface area (TPSA) is 112 Å². The number of aromatic carboxylic acids is 1. The van der Waals surface area contributed by atoms with Crippen molar-refractivity contribution in [1.29, 1.82) is 0 Å². The van der Waals surface area contributed by atoms with Crippen LogP contribution >= 0.6 is 15.9 Å². The monoisotopic (exact) mass is 345 g/mol. The molecular weight excluding hydrogens is 338 g/mol. The lowest BCUT2D eigenvalue weighted by atomic mass is 10.4. The largest absolute Gasteiger partial charge is 0.477 e. The summed E-state index contributed by atoms with van der Waals surface area (Å²) in [6, 6.07) is 4.14. The molecule has 2 rings (SSSR count). The molecule has 0 atom stereocenters. The first-order chi connectivity index (χ1) is 8.88. The third kappa shape index (κ3) is 3.12. The third-order valence-electron chi connectivity index (χ3n) is 2.16. The van der Waals surface area contributed by atoms with Crippen LogP contribution in [0.3, 0.4) is 0 Å². The first kappa shape index (κ1) is 13.6. The minimum Gasteiger partial charge on any atom is -0.477 e. The number of carbonyl (C=O) groups is 1. The van der Waals surface area contributed by atoms with Gasteiger partial charge in [0.15, 0.2) is 0 Å². The van der Waals surface area contributed by atoms with E-state index in [0.29, 0.717) is 4.47 Å². The molecule has 0 aliphatic carbocycles. The second-order valence-electron chi connectivity index (χ2n) is 3.52. The molecule has 0 bridgehead atoms. The van der Waals surface area contributed by atoms with Crippen LogP contribution in [-0.2, 0) is 10.0 Å². The molecule has 2 aromatic heterocycles. The number of nitrogens with one attached hydrogen (secondary N) is 2. The maximum Gasteiger partial charge on any atom is 0.352 e. The van der Waals surface area contributed by atoms with Crippen molar-refractivity contribution in [2.75, 3.05) is 4.72 Å². The van der Waals surface area contributed by atoms with E-state index in [1.807, 2.05) is 0 Å². The molecule has 100 valence electrons.